The predicted octanol–water partition coefficient (Wildman–Crippen LogP) is 3.63. The van der Waals surface area contributed by atoms with E-state index in [2.05, 4.69) is 45.4 Å². The van der Waals surface area contributed by atoms with Crippen LogP contribution >= 0.6 is 0 Å². The average molecular weight is 370 g/mol. The van der Waals surface area contributed by atoms with Crippen molar-refractivity contribution in [3.8, 4) is 0 Å². The second-order valence-electron chi connectivity index (χ2n) is 7.41. The molecule has 0 N–H and O–H groups in total. The van der Waals surface area contributed by atoms with Crippen molar-refractivity contribution >= 4 is 17.4 Å². The number of aryl methyl sites for hydroxylation is 1. The summed E-state index contributed by atoms with van der Waals surface area (Å²) >= 11 is 0. The molecule has 0 aliphatic carbocycles. The van der Waals surface area contributed by atoms with Gasteiger partial charge in [0.1, 0.15) is 0 Å². The third-order valence-electron chi connectivity index (χ3n) is 5.68. The van der Waals surface area contributed by atoms with Crippen molar-refractivity contribution in [1.82, 2.24) is 10.2 Å². The van der Waals surface area contributed by atoms with Crippen molar-refractivity contribution in [1.29, 1.82) is 0 Å². The van der Waals surface area contributed by atoms with Crippen molar-refractivity contribution in [2.45, 2.75) is 25.8 Å². The summed E-state index contributed by atoms with van der Waals surface area (Å²) in [6.45, 7) is 2.47. The van der Waals surface area contributed by atoms with Gasteiger partial charge in [-0.15, -0.1) is 10.2 Å². The number of benzene rings is 2. The van der Waals surface area contributed by atoms with E-state index in [0.29, 0.717) is 5.69 Å². The Balaban J connectivity index is 1.36. The maximum absolute atomic E-state index is 13.0. The maximum Gasteiger partial charge on any atom is 0.278 e. The zero-order valence-corrected chi connectivity index (χ0v) is 15.7. The molecule has 2 aliphatic heterocycles. The normalized spacial score (nSPS) is 15.7. The molecular formula is C23H22N4O. The van der Waals surface area contributed by atoms with Gasteiger partial charge in [-0.3, -0.25) is 4.79 Å². The number of hydrogen-bond donors (Lipinski definition) is 0. The van der Waals surface area contributed by atoms with E-state index in [4.69, 9.17) is 0 Å². The summed E-state index contributed by atoms with van der Waals surface area (Å²) in [5.41, 5.74) is 5.36. The molecule has 5 heteroatoms. The Kier molecular flexibility index (Phi) is 4.28. The number of nitrogens with zero attached hydrogens (tertiary/aromatic N) is 4. The Morgan fingerprint density at radius 2 is 1.57 bits per heavy atom. The SMILES string of the molecule is O=C(c1ccc(N2CCc3ccccc3C2)nn1)N1CCCc2ccccc21. The van der Waals surface area contributed by atoms with Crippen LogP contribution in [0.3, 0.4) is 0 Å². The standard InChI is InChI=1S/C23H22N4O/c28-23(27-14-5-9-18-7-3-4-10-21(18)27)20-11-12-22(25-24-20)26-15-13-17-6-1-2-8-19(17)16-26/h1-4,6-8,10-12H,5,9,13-16H2. The van der Waals surface area contributed by atoms with Crippen molar-refractivity contribution in [3.63, 3.8) is 0 Å². The number of anilines is 2. The first-order valence-electron chi connectivity index (χ1n) is 9.85. The summed E-state index contributed by atoms with van der Waals surface area (Å²) in [7, 11) is 0. The first-order valence-corrected chi connectivity index (χ1v) is 9.85. The molecule has 3 aromatic rings. The van der Waals surface area contributed by atoms with Crippen LogP contribution < -0.4 is 9.80 Å². The Labute approximate surface area is 164 Å². The zero-order chi connectivity index (χ0) is 18.9. The third kappa shape index (κ3) is 3.03. The molecule has 0 saturated carbocycles. The van der Waals surface area contributed by atoms with Crippen LogP contribution in [0.5, 0.6) is 0 Å². The molecule has 3 heterocycles. The highest BCUT2D eigenvalue weighted by Gasteiger charge is 2.25. The van der Waals surface area contributed by atoms with Crippen LogP contribution in [0.1, 0.15) is 33.6 Å². The lowest BCUT2D eigenvalue weighted by Gasteiger charge is -2.30. The van der Waals surface area contributed by atoms with Crippen LogP contribution in [-0.2, 0) is 19.4 Å². The van der Waals surface area contributed by atoms with Gasteiger partial charge < -0.3 is 9.80 Å². The highest BCUT2D eigenvalue weighted by molar-refractivity contribution is 6.05. The van der Waals surface area contributed by atoms with E-state index in [1.54, 1.807) is 0 Å². The van der Waals surface area contributed by atoms with Gasteiger partial charge in [-0.25, -0.2) is 0 Å². The highest BCUT2D eigenvalue weighted by atomic mass is 16.2. The summed E-state index contributed by atoms with van der Waals surface area (Å²) in [4.78, 5) is 17.1. The van der Waals surface area contributed by atoms with Gasteiger partial charge in [0.15, 0.2) is 11.5 Å². The minimum Gasteiger partial charge on any atom is -0.350 e. The Bertz CT molecular complexity index is 1020. The van der Waals surface area contributed by atoms with Gasteiger partial charge in [0.2, 0.25) is 0 Å². The van der Waals surface area contributed by atoms with Crippen LogP contribution in [0, 0.1) is 0 Å². The molecular weight excluding hydrogens is 348 g/mol. The zero-order valence-electron chi connectivity index (χ0n) is 15.7. The Hall–Kier alpha value is -3.21. The molecule has 1 aromatic heterocycles. The van der Waals surface area contributed by atoms with E-state index in [-0.39, 0.29) is 5.91 Å². The Morgan fingerprint density at radius 1 is 0.786 bits per heavy atom. The largest absolute Gasteiger partial charge is 0.350 e. The molecule has 0 spiro atoms. The van der Waals surface area contributed by atoms with E-state index in [1.165, 1.54) is 16.7 Å². The molecule has 5 rings (SSSR count). The molecule has 0 bridgehead atoms. The Morgan fingerprint density at radius 3 is 2.39 bits per heavy atom. The number of amides is 1. The van der Waals surface area contributed by atoms with E-state index in [9.17, 15) is 4.79 Å². The third-order valence-corrected chi connectivity index (χ3v) is 5.68. The summed E-state index contributed by atoms with van der Waals surface area (Å²) in [6, 6.07) is 20.4. The molecule has 0 atom stereocenters. The van der Waals surface area contributed by atoms with Gasteiger partial charge >= 0.3 is 0 Å². The predicted molar refractivity (Wildman–Crippen MR) is 110 cm³/mol. The van der Waals surface area contributed by atoms with Crippen LogP contribution in [-0.4, -0.2) is 29.2 Å². The molecule has 0 radical (unpaired) electrons. The van der Waals surface area contributed by atoms with Crippen molar-refractivity contribution in [2.75, 3.05) is 22.9 Å². The van der Waals surface area contributed by atoms with Gasteiger partial charge in [-0.05, 0) is 54.2 Å². The molecule has 0 fully saturated rings. The number of aromatic nitrogens is 2. The fourth-order valence-electron chi connectivity index (χ4n) is 4.18. The molecule has 0 saturated heterocycles. The van der Waals surface area contributed by atoms with Gasteiger partial charge in [0.25, 0.3) is 5.91 Å². The fourth-order valence-corrected chi connectivity index (χ4v) is 4.18. The monoisotopic (exact) mass is 370 g/mol. The van der Waals surface area contributed by atoms with E-state index < -0.39 is 0 Å². The van der Waals surface area contributed by atoms with Gasteiger partial charge in [0, 0.05) is 25.3 Å². The lowest BCUT2D eigenvalue weighted by molar-refractivity contribution is 0.0979. The number of carbonyl (C=O) groups is 1. The van der Waals surface area contributed by atoms with E-state index >= 15 is 0 Å². The molecule has 2 aromatic carbocycles. The highest BCUT2D eigenvalue weighted by Crippen LogP contribution is 2.28. The van der Waals surface area contributed by atoms with E-state index in [0.717, 1.165) is 50.4 Å². The summed E-state index contributed by atoms with van der Waals surface area (Å²) < 4.78 is 0. The van der Waals surface area contributed by atoms with Crippen LogP contribution in [0.25, 0.3) is 0 Å². The molecule has 0 unspecified atom stereocenters. The summed E-state index contributed by atoms with van der Waals surface area (Å²) in [6.07, 6.45) is 2.99. The minimum absolute atomic E-state index is 0.0739. The quantitative estimate of drug-likeness (QED) is 0.691. The van der Waals surface area contributed by atoms with Gasteiger partial charge in [-0.2, -0.15) is 0 Å². The molecule has 140 valence electrons. The molecule has 5 nitrogen and oxygen atoms in total. The summed E-state index contributed by atoms with van der Waals surface area (Å²) in [5.74, 6) is 0.750. The maximum atomic E-state index is 13.0. The number of para-hydroxylation sites is 1. The molecule has 1 amide bonds. The topological polar surface area (TPSA) is 49.3 Å². The van der Waals surface area contributed by atoms with Crippen molar-refractivity contribution in [3.05, 3.63) is 83.0 Å². The average Bonchev–Trinajstić information content (AvgIpc) is 2.78. The molecule has 2 aliphatic rings. The minimum atomic E-state index is -0.0739. The van der Waals surface area contributed by atoms with Crippen LogP contribution in [0.15, 0.2) is 60.7 Å². The number of rotatable bonds is 2. The first kappa shape index (κ1) is 16.9. The lowest BCUT2D eigenvalue weighted by atomic mass is 10.00. The van der Waals surface area contributed by atoms with Gasteiger partial charge in [0.05, 0.1) is 0 Å². The summed E-state index contributed by atoms with van der Waals surface area (Å²) in [5, 5.41) is 8.65. The second-order valence-corrected chi connectivity index (χ2v) is 7.41. The number of fused-ring (bicyclic) bond motifs is 2. The van der Waals surface area contributed by atoms with Crippen molar-refractivity contribution < 1.29 is 4.79 Å². The van der Waals surface area contributed by atoms with E-state index in [1.807, 2.05) is 35.2 Å². The molecule has 28 heavy (non-hydrogen) atoms. The smallest absolute Gasteiger partial charge is 0.278 e. The number of hydrogen-bond acceptors (Lipinski definition) is 4. The van der Waals surface area contributed by atoms with Crippen LogP contribution in [0.2, 0.25) is 0 Å². The first-order chi connectivity index (χ1) is 13.8. The second kappa shape index (κ2) is 7.08. The number of carbonyl (C=O) groups excluding carboxylic acids is 1. The lowest BCUT2D eigenvalue weighted by Crippen LogP contribution is -2.36. The van der Waals surface area contributed by atoms with Crippen LogP contribution in [0.4, 0.5) is 11.5 Å². The van der Waals surface area contributed by atoms with Crippen molar-refractivity contribution in [2.24, 2.45) is 0 Å². The van der Waals surface area contributed by atoms with Gasteiger partial charge in [-0.1, -0.05) is 42.5 Å². The fraction of sp³-hybridized carbons (Fsp3) is 0.261.